The van der Waals surface area contributed by atoms with Crippen LogP contribution in [0, 0.1) is 0 Å². The maximum atomic E-state index is 13.9. The lowest BCUT2D eigenvalue weighted by atomic mass is 9.87. The van der Waals surface area contributed by atoms with Gasteiger partial charge in [-0.05, 0) is 36.4 Å². The summed E-state index contributed by atoms with van der Waals surface area (Å²) >= 11 is 0. The number of hydrogen-bond acceptors (Lipinski definition) is 7. The molecule has 1 fully saturated rings. The van der Waals surface area contributed by atoms with Crippen LogP contribution in [0.3, 0.4) is 0 Å². The van der Waals surface area contributed by atoms with Gasteiger partial charge in [-0.1, -0.05) is 6.07 Å². The fourth-order valence-electron chi connectivity index (χ4n) is 3.64. The molecule has 0 radical (unpaired) electrons. The van der Waals surface area contributed by atoms with Gasteiger partial charge in [0.1, 0.15) is 0 Å². The average molecular weight is 416 g/mol. The molecule has 9 nitrogen and oxygen atoms in total. The second-order valence-electron chi connectivity index (χ2n) is 7.45. The van der Waals surface area contributed by atoms with Crippen molar-refractivity contribution in [3.8, 4) is 0 Å². The first-order chi connectivity index (χ1) is 14.2. The van der Waals surface area contributed by atoms with Gasteiger partial charge in [0.2, 0.25) is 5.95 Å². The van der Waals surface area contributed by atoms with Crippen molar-refractivity contribution < 1.29 is 13.6 Å². The van der Waals surface area contributed by atoms with Crippen molar-refractivity contribution in [3.05, 3.63) is 36.2 Å². The Morgan fingerprint density at radius 1 is 1.30 bits per heavy atom. The number of aromatic nitrogens is 4. The SMILES string of the molecule is Cn1ccc2ccc(Nc3nc(N[C@@H]4CCCC(F)(F)[C@@H]4N)nnc3C(N)=O)cc21. The third-order valence-electron chi connectivity index (χ3n) is 5.33. The van der Waals surface area contributed by atoms with E-state index in [0.717, 1.165) is 10.9 Å². The number of alkyl halides is 2. The molecule has 0 saturated heterocycles. The molecule has 2 heterocycles. The molecule has 0 aliphatic heterocycles. The number of hydrogen-bond donors (Lipinski definition) is 4. The molecular weight excluding hydrogens is 394 g/mol. The zero-order valence-corrected chi connectivity index (χ0v) is 16.3. The second-order valence-corrected chi connectivity index (χ2v) is 7.45. The Bertz CT molecular complexity index is 1100. The number of nitrogens with zero attached hydrogens (tertiary/aromatic N) is 4. The van der Waals surface area contributed by atoms with Gasteiger partial charge in [0, 0.05) is 30.9 Å². The van der Waals surface area contributed by atoms with Crippen LogP contribution in [0.2, 0.25) is 0 Å². The molecule has 1 aliphatic rings. The Labute approximate surface area is 170 Å². The van der Waals surface area contributed by atoms with Crippen LogP contribution in [0.1, 0.15) is 29.8 Å². The first kappa shape index (κ1) is 20.0. The van der Waals surface area contributed by atoms with Gasteiger partial charge in [0.15, 0.2) is 11.5 Å². The summed E-state index contributed by atoms with van der Waals surface area (Å²) in [5.74, 6) is -3.72. The van der Waals surface area contributed by atoms with Crippen LogP contribution < -0.4 is 22.1 Å². The van der Waals surface area contributed by atoms with Crippen molar-refractivity contribution in [2.24, 2.45) is 18.5 Å². The molecule has 30 heavy (non-hydrogen) atoms. The summed E-state index contributed by atoms with van der Waals surface area (Å²) in [6, 6.07) is 5.50. The molecule has 1 amide bonds. The van der Waals surface area contributed by atoms with Gasteiger partial charge in [0.05, 0.1) is 12.1 Å². The van der Waals surface area contributed by atoms with Crippen LogP contribution >= 0.6 is 0 Å². The first-order valence-corrected chi connectivity index (χ1v) is 9.51. The van der Waals surface area contributed by atoms with Crippen molar-refractivity contribution in [3.63, 3.8) is 0 Å². The molecule has 2 aromatic heterocycles. The molecule has 11 heteroatoms. The molecule has 0 bridgehead atoms. The normalized spacial score (nSPS) is 20.8. The maximum Gasteiger partial charge on any atom is 0.273 e. The standard InChI is InChI=1S/C19H22F2N8O/c1-29-8-6-10-4-5-11(9-13(10)29)24-17-14(16(23)30)27-28-18(26-17)25-12-3-2-7-19(20,21)15(12)22/h4-6,8-9,12,15H,2-3,7,22H2,1H3,(H2,23,30)(H2,24,25,26,28)/t12-,15-/m1/s1. The highest BCUT2D eigenvalue weighted by Gasteiger charge is 2.45. The number of benzene rings is 1. The lowest BCUT2D eigenvalue weighted by Gasteiger charge is -2.35. The molecule has 1 aliphatic carbocycles. The van der Waals surface area contributed by atoms with E-state index in [1.165, 1.54) is 0 Å². The summed E-state index contributed by atoms with van der Waals surface area (Å²) in [4.78, 5) is 16.0. The molecule has 6 N–H and O–H groups in total. The zero-order valence-electron chi connectivity index (χ0n) is 16.3. The monoisotopic (exact) mass is 416 g/mol. The van der Waals surface area contributed by atoms with E-state index >= 15 is 0 Å². The number of primary amides is 1. The quantitative estimate of drug-likeness (QED) is 0.500. The summed E-state index contributed by atoms with van der Waals surface area (Å²) in [5, 5.41) is 14.5. The highest BCUT2D eigenvalue weighted by Crippen LogP contribution is 2.33. The van der Waals surface area contributed by atoms with E-state index in [2.05, 4.69) is 25.8 Å². The topological polar surface area (TPSA) is 137 Å². The van der Waals surface area contributed by atoms with Gasteiger partial charge in [-0.15, -0.1) is 10.2 Å². The fourth-order valence-corrected chi connectivity index (χ4v) is 3.64. The minimum atomic E-state index is -2.97. The smallest absolute Gasteiger partial charge is 0.273 e. The molecule has 3 aromatic rings. The van der Waals surface area contributed by atoms with Crippen LogP contribution in [-0.2, 0) is 7.05 Å². The number of anilines is 3. The lowest BCUT2D eigenvalue weighted by Crippen LogP contribution is -2.55. The number of carbonyl (C=O) groups excluding carboxylic acids is 1. The zero-order chi connectivity index (χ0) is 21.5. The Kier molecular flexibility index (Phi) is 4.98. The van der Waals surface area contributed by atoms with E-state index in [9.17, 15) is 13.6 Å². The highest BCUT2D eigenvalue weighted by atomic mass is 19.3. The summed E-state index contributed by atoms with van der Waals surface area (Å²) in [6.45, 7) is 0. The van der Waals surface area contributed by atoms with Crippen LogP contribution in [-0.4, -0.2) is 43.7 Å². The molecule has 0 unspecified atom stereocenters. The Morgan fingerprint density at radius 2 is 2.10 bits per heavy atom. The van der Waals surface area contributed by atoms with Crippen molar-refractivity contribution in [1.82, 2.24) is 19.7 Å². The molecule has 1 saturated carbocycles. The summed E-state index contributed by atoms with van der Waals surface area (Å²) < 4.78 is 29.8. The number of amides is 1. The Balaban J connectivity index is 1.62. The maximum absolute atomic E-state index is 13.9. The van der Waals surface area contributed by atoms with E-state index in [0.29, 0.717) is 18.5 Å². The predicted octanol–water partition coefficient (Wildman–Crippen LogP) is 2.13. The molecule has 1 aromatic carbocycles. The van der Waals surface area contributed by atoms with Crippen molar-refractivity contribution in [2.75, 3.05) is 10.6 Å². The van der Waals surface area contributed by atoms with Gasteiger partial charge in [-0.2, -0.15) is 4.98 Å². The summed E-state index contributed by atoms with van der Waals surface area (Å²) in [5.41, 5.74) is 12.6. The van der Waals surface area contributed by atoms with Gasteiger partial charge in [0.25, 0.3) is 11.8 Å². The van der Waals surface area contributed by atoms with Crippen molar-refractivity contribution in [2.45, 2.75) is 37.3 Å². The number of nitrogens with two attached hydrogens (primary N) is 2. The average Bonchev–Trinajstić information content (AvgIpc) is 3.06. The van der Waals surface area contributed by atoms with E-state index in [1.54, 1.807) is 0 Å². The number of fused-ring (bicyclic) bond motifs is 1. The van der Waals surface area contributed by atoms with Crippen LogP contribution in [0.4, 0.5) is 26.2 Å². The number of carbonyl (C=O) groups is 1. The third kappa shape index (κ3) is 3.75. The van der Waals surface area contributed by atoms with E-state index in [-0.39, 0.29) is 23.9 Å². The van der Waals surface area contributed by atoms with Gasteiger partial charge in [-0.25, -0.2) is 8.78 Å². The second kappa shape index (κ2) is 7.48. The predicted molar refractivity (Wildman–Crippen MR) is 109 cm³/mol. The molecule has 4 rings (SSSR count). The van der Waals surface area contributed by atoms with Crippen molar-refractivity contribution >= 4 is 34.3 Å². The minimum Gasteiger partial charge on any atom is -0.364 e. The number of nitrogens with one attached hydrogen (secondary N) is 2. The molecular formula is C19H22F2N8O. The fraction of sp³-hybridized carbons (Fsp3) is 0.368. The third-order valence-corrected chi connectivity index (χ3v) is 5.33. The Morgan fingerprint density at radius 3 is 2.87 bits per heavy atom. The minimum absolute atomic E-state index is 0.0133. The van der Waals surface area contributed by atoms with E-state index < -0.39 is 23.9 Å². The van der Waals surface area contributed by atoms with Crippen molar-refractivity contribution in [1.29, 1.82) is 0 Å². The number of aryl methyl sites for hydroxylation is 1. The van der Waals surface area contributed by atoms with Crippen LogP contribution in [0.25, 0.3) is 10.9 Å². The largest absolute Gasteiger partial charge is 0.364 e. The van der Waals surface area contributed by atoms with Gasteiger partial charge >= 0.3 is 0 Å². The lowest BCUT2D eigenvalue weighted by molar-refractivity contribution is -0.0555. The Hall–Kier alpha value is -3.34. The molecule has 0 spiro atoms. The van der Waals surface area contributed by atoms with E-state index in [4.69, 9.17) is 11.5 Å². The summed E-state index contributed by atoms with van der Waals surface area (Å²) in [6.07, 6.45) is 2.46. The number of rotatable bonds is 5. The van der Waals surface area contributed by atoms with Gasteiger partial charge < -0.3 is 26.7 Å². The summed E-state index contributed by atoms with van der Waals surface area (Å²) in [7, 11) is 1.92. The molecule has 2 atom stereocenters. The van der Waals surface area contributed by atoms with E-state index in [1.807, 2.05) is 42.1 Å². The number of halogens is 2. The first-order valence-electron chi connectivity index (χ1n) is 9.51. The molecule has 158 valence electrons. The van der Waals surface area contributed by atoms with Crippen LogP contribution in [0.15, 0.2) is 30.5 Å². The van der Waals surface area contributed by atoms with Crippen LogP contribution in [0.5, 0.6) is 0 Å². The van der Waals surface area contributed by atoms with Gasteiger partial charge in [-0.3, -0.25) is 4.79 Å². The highest BCUT2D eigenvalue weighted by molar-refractivity contribution is 5.96.